The number of benzene rings is 1. The smallest absolute Gasteiger partial charge is 0.295 e. The second-order valence-corrected chi connectivity index (χ2v) is 9.77. The summed E-state index contributed by atoms with van der Waals surface area (Å²) in [4.78, 5) is 0. The molecule has 25 heavy (non-hydrogen) atoms. The first-order valence-corrected chi connectivity index (χ1v) is 11.5. The van der Waals surface area contributed by atoms with Crippen LogP contribution < -0.4 is 4.57 Å². The number of rotatable bonds is 3. The zero-order valence-electron chi connectivity index (χ0n) is 15.7. The molecular formula is C19H23N2S4+. The van der Waals surface area contributed by atoms with Gasteiger partial charge in [0, 0.05) is 29.1 Å². The Hall–Kier alpha value is -0.950. The standard InChI is InChI=1S/C19H23N2S4/c1-10-8-24-18(22)20(10)16-13(4)12(3)14(5)17(15(16)6)21-11(2)9-25-19(21)23-7/h8-9H,1-7H3/q+1. The summed E-state index contributed by atoms with van der Waals surface area (Å²) in [5, 5.41) is 4.38. The van der Waals surface area contributed by atoms with Crippen LogP contribution in [0.25, 0.3) is 11.4 Å². The van der Waals surface area contributed by atoms with Crippen molar-refractivity contribution in [1.82, 2.24) is 4.57 Å². The number of hydrogen-bond acceptors (Lipinski definition) is 4. The predicted molar refractivity (Wildman–Crippen MR) is 114 cm³/mol. The highest BCUT2D eigenvalue weighted by molar-refractivity contribution is 8.00. The summed E-state index contributed by atoms with van der Waals surface area (Å²) in [5.41, 5.74) is 10.3. The van der Waals surface area contributed by atoms with E-state index in [0.717, 1.165) is 3.95 Å². The number of thioether (sulfide) groups is 1. The molecule has 132 valence electrons. The van der Waals surface area contributed by atoms with Crippen LogP contribution in [-0.2, 0) is 0 Å². The van der Waals surface area contributed by atoms with Gasteiger partial charge in [0.15, 0.2) is 9.65 Å². The maximum atomic E-state index is 5.64. The van der Waals surface area contributed by atoms with E-state index in [4.69, 9.17) is 12.2 Å². The summed E-state index contributed by atoms with van der Waals surface area (Å²) in [6.07, 6.45) is 2.15. The van der Waals surface area contributed by atoms with E-state index in [1.807, 2.05) is 11.3 Å². The number of hydrogen-bond donors (Lipinski definition) is 0. The lowest BCUT2D eigenvalue weighted by Gasteiger charge is -2.19. The summed E-state index contributed by atoms with van der Waals surface area (Å²) in [6, 6.07) is 0. The molecule has 6 heteroatoms. The van der Waals surface area contributed by atoms with Crippen LogP contribution in [0.3, 0.4) is 0 Å². The van der Waals surface area contributed by atoms with Crippen LogP contribution in [-0.4, -0.2) is 10.8 Å². The SMILES string of the molecule is CSc1scc(C)[n+]1-c1c(C)c(C)c(C)c(-n2c(C)csc2=S)c1C. The minimum atomic E-state index is 0.912. The molecule has 0 bridgehead atoms. The largest absolute Gasteiger partial charge is 0.303 e. The lowest BCUT2D eigenvalue weighted by molar-refractivity contribution is -0.635. The van der Waals surface area contributed by atoms with Crippen LogP contribution >= 0.6 is 46.7 Å². The molecule has 0 amide bonds. The molecule has 3 rings (SSSR count). The first-order chi connectivity index (χ1) is 11.8. The molecule has 0 atom stereocenters. The van der Waals surface area contributed by atoms with Gasteiger partial charge in [-0.2, -0.15) is 0 Å². The van der Waals surface area contributed by atoms with Crippen molar-refractivity contribution >= 4 is 46.7 Å². The van der Waals surface area contributed by atoms with Gasteiger partial charge in [-0.05, 0) is 76.0 Å². The highest BCUT2D eigenvalue weighted by Crippen LogP contribution is 2.33. The molecule has 0 saturated carbocycles. The number of aromatic nitrogens is 2. The van der Waals surface area contributed by atoms with E-state index < -0.39 is 0 Å². The molecule has 2 nitrogen and oxygen atoms in total. The minimum Gasteiger partial charge on any atom is -0.295 e. The van der Waals surface area contributed by atoms with Gasteiger partial charge in [-0.3, -0.25) is 4.57 Å². The molecule has 0 aliphatic heterocycles. The normalized spacial score (nSPS) is 11.3. The average Bonchev–Trinajstić information content (AvgIpc) is 3.10. The maximum absolute atomic E-state index is 5.64. The van der Waals surface area contributed by atoms with Gasteiger partial charge in [-0.1, -0.05) is 11.3 Å². The van der Waals surface area contributed by atoms with Crippen molar-refractivity contribution in [3.63, 3.8) is 0 Å². The zero-order valence-corrected chi connectivity index (χ0v) is 18.9. The fourth-order valence-corrected chi connectivity index (χ4v) is 6.19. The van der Waals surface area contributed by atoms with Crippen molar-refractivity contribution < 1.29 is 4.57 Å². The van der Waals surface area contributed by atoms with Crippen molar-refractivity contribution in [2.24, 2.45) is 0 Å². The summed E-state index contributed by atoms with van der Waals surface area (Å²) < 4.78 is 6.86. The summed E-state index contributed by atoms with van der Waals surface area (Å²) in [6.45, 7) is 13.2. The topological polar surface area (TPSA) is 8.81 Å². The third-order valence-corrected chi connectivity index (χ3v) is 8.38. The summed E-state index contributed by atoms with van der Waals surface area (Å²) >= 11 is 10.9. The van der Waals surface area contributed by atoms with Gasteiger partial charge in [0.25, 0.3) is 0 Å². The van der Waals surface area contributed by atoms with Crippen LogP contribution in [0.2, 0.25) is 0 Å². The van der Waals surface area contributed by atoms with E-state index >= 15 is 0 Å². The van der Waals surface area contributed by atoms with Gasteiger partial charge in [0.05, 0.1) is 11.1 Å². The molecular weight excluding hydrogens is 384 g/mol. The van der Waals surface area contributed by atoms with Crippen molar-refractivity contribution in [3.8, 4) is 11.4 Å². The van der Waals surface area contributed by atoms with E-state index in [1.165, 1.54) is 49.4 Å². The van der Waals surface area contributed by atoms with Crippen LogP contribution in [0.15, 0.2) is 15.1 Å². The molecule has 2 aromatic heterocycles. The van der Waals surface area contributed by atoms with Gasteiger partial charge < -0.3 is 0 Å². The second kappa shape index (κ2) is 6.99. The Morgan fingerprint density at radius 2 is 1.60 bits per heavy atom. The molecule has 3 aromatic rings. The Morgan fingerprint density at radius 3 is 2.16 bits per heavy atom. The Morgan fingerprint density at radius 1 is 0.920 bits per heavy atom. The Bertz CT molecular complexity index is 1020. The first-order valence-electron chi connectivity index (χ1n) is 8.12. The van der Waals surface area contributed by atoms with E-state index in [9.17, 15) is 0 Å². The fourth-order valence-electron chi connectivity index (χ4n) is 3.43. The molecule has 1 aromatic carbocycles. The molecule has 0 aliphatic carbocycles. The lowest BCUT2D eigenvalue weighted by Crippen LogP contribution is -2.36. The quantitative estimate of drug-likeness (QED) is 0.291. The Labute approximate surface area is 167 Å². The molecule has 0 radical (unpaired) electrons. The Kier molecular flexibility index (Phi) is 5.26. The molecule has 2 heterocycles. The van der Waals surface area contributed by atoms with Crippen LogP contribution in [0.5, 0.6) is 0 Å². The van der Waals surface area contributed by atoms with Gasteiger partial charge in [-0.25, -0.2) is 0 Å². The van der Waals surface area contributed by atoms with E-state index in [1.54, 1.807) is 23.1 Å². The predicted octanol–water partition coefficient (Wildman–Crippen LogP) is 6.18. The monoisotopic (exact) mass is 407 g/mol. The highest BCUT2D eigenvalue weighted by atomic mass is 32.2. The molecule has 0 unspecified atom stereocenters. The van der Waals surface area contributed by atoms with Crippen LogP contribution in [0.4, 0.5) is 0 Å². The summed E-state index contributed by atoms with van der Waals surface area (Å²) in [5.74, 6) is 0. The van der Waals surface area contributed by atoms with E-state index in [0.29, 0.717) is 0 Å². The second-order valence-electron chi connectivity index (χ2n) is 6.36. The van der Waals surface area contributed by atoms with Crippen molar-refractivity contribution in [3.05, 3.63) is 48.4 Å². The lowest BCUT2D eigenvalue weighted by atomic mass is 9.95. The third kappa shape index (κ3) is 2.93. The third-order valence-electron chi connectivity index (χ3n) is 4.90. The molecule has 0 spiro atoms. The van der Waals surface area contributed by atoms with Crippen LogP contribution in [0.1, 0.15) is 33.6 Å². The van der Waals surface area contributed by atoms with Gasteiger partial charge in [0.1, 0.15) is 0 Å². The fraction of sp³-hybridized carbons (Fsp3) is 0.368. The summed E-state index contributed by atoms with van der Waals surface area (Å²) in [7, 11) is 0. The zero-order chi connectivity index (χ0) is 18.5. The van der Waals surface area contributed by atoms with Crippen molar-refractivity contribution in [2.75, 3.05) is 6.26 Å². The van der Waals surface area contributed by atoms with Gasteiger partial charge in [0.2, 0.25) is 5.69 Å². The maximum Gasteiger partial charge on any atom is 0.303 e. The minimum absolute atomic E-state index is 0.912. The van der Waals surface area contributed by atoms with Crippen LogP contribution in [0, 0.1) is 45.5 Å². The molecule has 0 fully saturated rings. The molecule has 0 N–H and O–H groups in total. The number of nitrogens with zero attached hydrogens (tertiary/aromatic N) is 2. The Balaban J connectivity index is 2.47. The van der Waals surface area contributed by atoms with Gasteiger partial charge in [-0.15, -0.1) is 15.9 Å². The average molecular weight is 408 g/mol. The number of thiazole rings is 2. The van der Waals surface area contributed by atoms with Crippen molar-refractivity contribution in [2.45, 2.75) is 45.9 Å². The first kappa shape index (κ1) is 18.8. The van der Waals surface area contributed by atoms with E-state index in [2.05, 4.69) is 67.7 Å². The highest BCUT2D eigenvalue weighted by Gasteiger charge is 2.28. The molecule has 0 saturated heterocycles. The molecule has 0 aliphatic rings. The number of aryl methyl sites for hydroxylation is 2. The van der Waals surface area contributed by atoms with E-state index in [-0.39, 0.29) is 0 Å². The van der Waals surface area contributed by atoms with Crippen molar-refractivity contribution in [1.29, 1.82) is 0 Å². The van der Waals surface area contributed by atoms with Gasteiger partial charge >= 0.3 is 4.34 Å².